The van der Waals surface area contributed by atoms with E-state index in [2.05, 4.69) is 10.6 Å². The molecule has 0 spiro atoms. The summed E-state index contributed by atoms with van der Waals surface area (Å²) in [6.45, 7) is 5.50. The molecule has 2 atom stereocenters. The van der Waals surface area contributed by atoms with Gasteiger partial charge in [-0.25, -0.2) is 13.2 Å². The van der Waals surface area contributed by atoms with E-state index < -0.39 is 44.8 Å². The van der Waals surface area contributed by atoms with Crippen LogP contribution in [0.5, 0.6) is 0 Å². The maximum absolute atomic E-state index is 12.4. The summed E-state index contributed by atoms with van der Waals surface area (Å²) in [4.78, 5) is 36.1. The quantitative estimate of drug-likeness (QED) is 0.600. The first-order valence-electron chi connectivity index (χ1n) is 8.30. The molecule has 3 N–H and O–H groups in total. The molecule has 2 rings (SSSR count). The molecule has 0 aromatic rings. The molecule has 1 saturated heterocycles. The molecule has 0 bridgehead atoms. The third-order valence-electron chi connectivity index (χ3n) is 3.90. The predicted octanol–water partition coefficient (Wildman–Crippen LogP) is 0.0143. The molecule has 1 aliphatic carbocycles. The topological polar surface area (TPSA) is 131 Å². The minimum absolute atomic E-state index is 0.0110. The van der Waals surface area contributed by atoms with Crippen LogP contribution < -0.4 is 15.4 Å². The Morgan fingerprint density at radius 3 is 2.40 bits per heavy atom. The zero-order valence-electron chi connectivity index (χ0n) is 14.6. The third-order valence-corrected chi connectivity index (χ3v) is 5.73. The van der Waals surface area contributed by atoms with E-state index in [0.29, 0.717) is 25.8 Å². The summed E-state index contributed by atoms with van der Waals surface area (Å²) in [5.41, 5.74) is -0.768. The highest BCUT2D eigenvalue weighted by atomic mass is 32.2. The maximum atomic E-state index is 12.4. The van der Waals surface area contributed by atoms with Crippen molar-refractivity contribution in [2.75, 3.05) is 6.54 Å². The van der Waals surface area contributed by atoms with Crippen molar-refractivity contribution in [1.82, 2.24) is 15.4 Å². The van der Waals surface area contributed by atoms with Crippen LogP contribution in [0.4, 0.5) is 4.79 Å². The van der Waals surface area contributed by atoms with Crippen molar-refractivity contribution in [1.29, 1.82) is 0 Å². The molecular weight excluding hydrogens is 350 g/mol. The van der Waals surface area contributed by atoms with Crippen LogP contribution in [0.3, 0.4) is 0 Å². The second kappa shape index (κ2) is 7.19. The van der Waals surface area contributed by atoms with Gasteiger partial charge in [0.05, 0.1) is 5.25 Å². The standard InChI is InChI=1S/C15H25N3O6S/c1-15(2,3)24-14(21)17-11(8-9-6-7-16-12(9)19)13(20)18-25(22,23)10-4-5-10/h9-11H,4-8H2,1-3H3,(H,16,19)(H,17,21)(H,18,20)/t9-,11?/m0/s1. The second-order valence-electron chi connectivity index (χ2n) is 7.42. The lowest BCUT2D eigenvalue weighted by atomic mass is 9.98. The van der Waals surface area contributed by atoms with Crippen LogP contribution in [0.2, 0.25) is 0 Å². The fourth-order valence-electron chi connectivity index (χ4n) is 2.51. The monoisotopic (exact) mass is 375 g/mol. The largest absolute Gasteiger partial charge is 0.444 e. The van der Waals surface area contributed by atoms with E-state index in [4.69, 9.17) is 4.74 Å². The van der Waals surface area contributed by atoms with Crippen LogP contribution in [-0.2, 0) is 24.3 Å². The van der Waals surface area contributed by atoms with Crippen molar-refractivity contribution in [3.05, 3.63) is 0 Å². The van der Waals surface area contributed by atoms with E-state index in [1.165, 1.54) is 0 Å². The van der Waals surface area contributed by atoms with Gasteiger partial charge in [0.2, 0.25) is 15.9 Å². The van der Waals surface area contributed by atoms with Crippen LogP contribution in [0.1, 0.15) is 46.5 Å². The van der Waals surface area contributed by atoms with Gasteiger partial charge < -0.3 is 15.4 Å². The molecule has 3 amide bonds. The van der Waals surface area contributed by atoms with Crippen molar-refractivity contribution < 1.29 is 27.5 Å². The summed E-state index contributed by atoms with van der Waals surface area (Å²) < 4.78 is 31.1. The first kappa shape index (κ1) is 19.5. The van der Waals surface area contributed by atoms with E-state index in [1.807, 2.05) is 4.72 Å². The van der Waals surface area contributed by atoms with Gasteiger partial charge >= 0.3 is 6.09 Å². The first-order valence-corrected chi connectivity index (χ1v) is 9.85. The van der Waals surface area contributed by atoms with Crippen molar-refractivity contribution in [3.63, 3.8) is 0 Å². The molecule has 0 aromatic heterocycles. The minimum atomic E-state index is -3.74. The molecule has 2 aliphatic rings. The van der Waals surface area contributed by atoms with Crippen LogP contribution in [-0.4, -0.2) is 49.8 Å². The number of hydrogen-bond acceptors (Lipinski definition) is 6. The van der Waals surface area contributed by atoms with Crippen molar-refractivity contribution in [3.8, 4) is 0 Å². The highest BCUT2D eigenvalue weighted by Gasteiger charge is 2.39. The van der Waals surface area contributed by atoms with E-state index in [9.17, 15) is 22.8 Å². The molecule has 1 heterocycles. The van der Waals surface area contributed by atoms with Crippen LogP contribution in [0.15, 0.2) is 0 Å². The molecular formula is C15H25N3O6S. The van der Waals surface area contributed by atoms with Gasteiger partial charge in [0.1, 0.15) is 11.6 Å². The van der Waals surface area contributed by atoms with E-state index in [-0.39, 0.29) is 12.3 Å². The Hall–Kier alpha value is -1.84. The highest BCUT2D eigenvalue weighted by Crippen LogP contribution is 2.27. The van der Waals surface area contributed by atoms with Crippen molar-refractivity contribution in [2.24, 2.45) is 5.92 Å². The summed E-state index contributed by atoms with van der Waals surface area (Å²) >= 11 is 0. The lowest BCUT2D eigenvalue weighted by molar-refractivity contribution is -0.124. The maximum Gasteiger partial charge on any atom is 0.408 e. The van der Waals surface area contributed by atoms with Gasteiger partial charge in [0.15, 0.2) is 0 Å². The van der Waals surface area contributed by atoms with Crippen molar-refractivity contribution >= 4 is 27.9 Å². The van der Waals surface area contributed by atoms with E-state index >= 15 is 0 Å². The van der Waals surface area contributed by atoms with Gasteiger partial charge in [0, 0.05) is 12.5 Å². The number of alkyl carbamates (subject to hydrolysis) is 1. The number of sulfonamides is 1. The zero-order chi connectivity index (χ0) is 18.8. The molecule has 2 fully saturated rings. The molecule has 25 heavy (non-hydrogen) atoms. The number of ether oxygens (including phenoxy) is 1. The fraction of sp³-hybridized carbons (Fsp3) is 0.800. The summed E-state index contributed by atoms with van der Waals surface area (Å²) in [5.74, 6) is -1.53. The fourth-order valence-corrected chi connectivity index (χ4v) is 3.85. The van der Waals surface area contributed by atoms with Crippen LogP contribution in [0.25, 0.3) is 0 Å². The lowest BCUT2D eigenvalue weighted by Crippen LogP contribution is -2.51. The normalized spacial score (nSPS) is 22.0. The molecule has 10 heteroatoms. The van der Waals surface area contributed by atoms with Crippen LogP contribution in [0, 0.1) is 5.92 Å². The molecule has 142 valence electrons. The Morgan fingerprint density at radius 1 is 1.28 bits per heavy atom. The third kappa shape index (κ3) is 5.87. The SMILES string of the molecule is CC(C)(C)OC(=O)NC(C[C@@H]1CCNC1=O)C(=O)NS(=O)(=O)C1CC1. The van der Waals surface area contributed by atoms with Crippen LogP contribution >= 0.6 is 0 Å². The Labute approximate surface area is 147 Å². The predicted molar refractivity (Wildman–Crippen MR) is 89.0 cm³/mol. The van der Waals surface area contributed by atoms with E-state index in [0.717, 1.165) is 0 Å². The molecule has 9 nitrogen and oxygen atoms in total. The average Bonchev–Trinajstić information content (AvgIpc) is 3.22. The summed E-state index contributed by atoms with van der Waals surface area (Å²) in [7, 11) is -3.74. The van der Waals surface area contributed by atoms with Gasteiger partial charge in [-0.1, -0.05) is 0 Å². The van der Waals surface area contributed by atoms with Gasteiger partial charge in [-0.15, -0.1) is 0 Å². The van der Waals surface area contributed by atoms with Gasteiger partial charge in [0.25, 0.3) is 5.91 Å². The molecule has 0 radical (unpaired) electrons. The number of amides is 3. The summed E-state index contributed by atoms with van der Waals surface area (Å²) in [6.07, 6.45) is 0.718. The number of carbonyl (C=O) groups excluding carboxylic acids is 3. The average molecular weight is 375 g/mol. The number of rotatable bonds is 6. The number of nitrogens with one attached hydrogen (secondary N) is 3. The summed E-state index contributed by atoms with van der Waals surface area (Å²) in [5, 5.41) is 4.47. The molecule has 1 saturated carbocycles. The lowest BCUT2D eigenvalue weighted by Gasteiger charge is -2.24. The Bertz CT molecular complexity index is 651. The smallest absolute Gasteiger partial charge is 0.408 e. The molecule has 0 aromatic carbocycles. The zero-order valence-corrected chi connectivity index (χ0v) is 15.4. The Balaban J connectivity index is 2.05. The molecule has 1 aliphatic heterocycles. The van der Waals surface area contributed by atoms with Crippen molar-refractivity contribution in [2.45, 2.75) is 63.3 Å². The Morgan fingerprint density at radius 2 is 1.92 bits per heavy atom. The van der Waals surface area contributed by atoms with E-state index in [1.54, 1.807) is 20.8 Å². The van der Waals surface area contributed by atoms with Gasteiger partial charge in [-0.2, -0.15) is 0 Å². The second-order valence-corrected chi connectivity index (χ2v) is 9.38. The van der Waals surface area contributed by atoms with Gasteiger partial charge in [-0.3, -0.25) is 14.3 Å². The summed E-state index contributed by atoms with van der Waals surface area (Å²) in [6, 6.07) is -1.17. The minimum Gasteiger partial charge on any atom is -0.444 e. The highest BCUT2D eigenvalue weighted by molar-refractivity contribution is 7.90. The molecule has 1 unspecified atom stereocenters. The van der Waals surface area contributed by atoms with Gasteiger partial charge in [-0.05, 0) is 46.5 Å². The Kier molecular flexibility index (Phi) is 5.60. The number of hydrogen-bond donors (Lipinski definition) is 3. The first-order chi connectivity index (χ1) is 11.5. The number of carbonyl (C=O) groups is 3.